The molecule has 2 aliphatic heterocycles. The first-order chi connectivity index (χ1) is 18.1. The Bertz CT molecular complexity index is 1100. The van der Waals surface area contributed by atoms with Gasteiger partial charge in [-0.15, -0.1) is 0 Å². The number of piperidine rings is 1. The van der Waals surface area contributed by atoms with Crippen LogP contribution in [0.15, 0.2) is 42.5 Å². The smallest absolute Gasteiger partial charge is 0.248 e. The van der Waals surface area contributed by atoms with E-state index in [4.69, 9.17) is 9.47 Å². The van der Waals surface area contributed by atoms with Crippen LogP contribution in [0, 0.1) is 17.5 Å². The second kappa shape index (κ2) is 11.9. The van der Waals surface area contributed by atoms with E-state index in [1.807, 2.05) is 4.90 Å². The molecule has 1 atom stereocenters. The van der Waals surface area contributed by atoms with Crippen molar-refractivity contribution in [1.82, 2.24) is 9.80 Å². The first-order valence-corrected chi connectivity index (χ1v) is 12.6. The van der Waals surface area contributed by atoms with Crippen LogP contribution in [0.5, 0.6) is 5.75 Å². The molecule has 0 bridgehead atoms. The lowest BCUT2D eigenvalue weighted by Gasteiger charge is -2.42. The zero-order valence-corrected chi connectivity index (χ0v) is 21.4. The van der Waals surface area contributed by atoms with E-state index >= 15 is 0 Å². The number of β-amino-alcohol motifs (C(OH)–C–C–N with tert-alkyl or cyclic N) is 2. The molecule has 0 spiro atoms. The van der Waals surface area contributed by atoms with Crippen molar-refractivity contribution in [1.29, 1.82) is 0 Å². The fourth-order valence-electron chi connectivity index (χ4n) is 5.11. The maximum atomic E-state index is 14.1. The van der Waals surface area contributed by atoms with E-state index in [0.717, 1.165) is 11.8 Å². The number of anilines is 1. The minimum absolute atomic E-state index is 0.0463. The molecule has 2 aliphatic rings. The first kappa shape index (κ1) is 28.2. The lowest BCUT2D eigenvalue weighted by molar-refractivity contribution is -0.138. The predicted molar refractivity (Wildman–Crippen MR) is 134 cm³/mol. The molecule has 2 aromatic rings. The molecule has 2 heterocycles. The highest BCUT2D eigenvalue weighted by Gasteiger charge is 2.41. The highest BCUT2D eigenvalue weighted by Crippen LogP contribution is 2.29. The van der Waals surface area contributed by atoms with Gasteiger partial charge in [-0.1, -0.05) is 6.07 Å². The third-order valence-corrected chi connectivity index (χ3v) is 7.13. The summed E-state index contributed by atoms with van der Waals surface area (Å²) in [6.45, 7) is 1.45. The Morgan fingerprint density at radius 3 is 2.34 bits per heavy atom. The van der Waals surface area contributed by atoms with E-state index in [9.17, 15) is 28.2 Å². The van der Waals surface area contributed by atoms with E-state index < -0.39 is 29.4 Å². The molecular weight excluding hydrogens is 503 g/mol. The Hall–Kier alpha value is -2.86. The minimum Gasteiger partial charge on any atom is -0.487 e. The maximum Gasteiger partial charge on any atom is 0.248 e. The lowest BCUT2D eigenvalue weighted by Crippen LogP contribution is -2.56. The molecule has 11 heteroatoms. The molecule has 4 rings (SSSR count). The second-order valence-corrected chi connectivity index (χ2v) is 10.2. The fraction of sp³-hybridized carbons (Fsp3) is 0.519. The number of halogens is 3. The van der Waals surface area contributed by atoms with Crippen molar-refractivity contribution in [3.05, 3.63) is 59.9 Å². The summed E-state index contributed by atoms with van der Waals surface area (Å²) in [6.07, 6.45) is 0.910. The SMILES string of the molecule is COCC(=O)N1CCN(CC2(O)CCN(c3ccc(F)cc3)CC2)CC(O)(COc2cccc(F)c2F)C1. The molecule has 2 aromatic carbocycles. The third kappa shape index (κ3) is 6.96. The van der Waals surface area contributed by atoms with Crippen molar-refractivity contribution in [2.75, 3.05) is 71.0 Å². The van der Waals surface area contributed by atoms with Gasteiger partial charge >= 0.3 is 0 Å². The minimum atomic E-state index is -1.62. The van der Waals surface area contributed by atoms with E-state index in [-0.39, 0.29) is 50.3 Å². The van der Waals surface area contributed by atoms with Crippen molar-refractivity contribution in [2.45, 2.75) is 24.0 Å². The van der Waals surface area contributed by atoms with Gasteiger partial charge in [0.2, 0.25) is 11.7 Å². The molecule has 0 saturated carbocycles. The van der Waals surface area contributed by atoms with Gasteiger partial charge in [0.1, 0.15) is 24.6 Å². The van der Waals surface area contributed by atoms with Gasteiger partial charge in [0, 0.05) is 52.1 Å². The molecule has 0 radical (unpaired) electrons. The van der Waals surface area contributed by atoms with Crippen molar-refractivity contribution in [3.63, 3.8) is 0 Å². The van der Waals surface area contributed by atoms with Crippen LogP contribution in [0.25, 0.3) is 0 Å². The normalized spacial score (nSPS) is 22.3. The summed E-state index contributed by atoms with van der Waals surface area (Å²) in [5.74, 6) is -3.19. The molecule has 1 amide bonds. The summed E-state index contributed by atoms with van der Waals surface area (Å²) in [6, 6.07) is 9.77. The largest absolute Gasteiger partial charge is 0.487 e. The molecule has 2 saturated heterocycles. The van der Waals surface area contributed by atoms with Crippen molar-refractivity contribution in [3.8, 4) is 5.75 Å². The van der Waals surface area contributed by atoms with E-state index in [0.29, 0.717) is 32.5 Å². The van der Waals surface area contributed by atoms with Crippen LogP contribution in [0.3, 0.4) is 0 Å². The van der Waals surface area contributed by atoms with Crippen LogP contribution in [0.1, 0.15) is 12.8 Å². The monoisotopic (exact) mass is 537 g/mol. The van der Waals surface area contributed by atoms with Gasteiger partial charge in [-0.25, -0.2) is 8.78 Å². The topological polar surface area (TPSA) is 85.7 Å². The number of carbonyl (C=O) groups is 1. The summed E-state index contributed by atoms with van der Waals surface area (Å²) in [7, 11) is 1.40. The zero-order valence-electron chi connectivity index (χ0n) is 21.4. The van der Waals surface area contributed by atoms with Crippen LogP contribution in [-0.2, 0) is 9.53 Å². The van der Waals surface area contributed by atoms with Crippen LogP contribution >= 0.6 is 0 Å². The lowest BCUT2D eigenvalue weighted by atomic mass is 9.90. The maximum absolute atomic E-state index is 14.1. The summed E-state index contributed by atoms with van der Waals surface area (Å²) in [5, 5.41) is 22.9. The molecule has 0 aromatic heterocycles. The quantitative estimate of drug-likeness (QED) is 0.533. The van der Waals surface area contributed by atoms with Crippen LogP contribution in [0.4, 0.5) is 18.9 Å². The highest BCUT2D eigenvalue weighted by atomic mass is 19.2. The average Bonchev–Trinajstić information content (AvgIpc) is 3.04. The van der Waals surface area contributed by atoms with Gasteiger partial charge in [0.15, 0.2) is 11.6 Å². The van der Waals surface area contributed by atoms with Crippen molar-refractivity contribution in [2.24, 2.45) is 0 Å². The number of methoxy groups -OCH3 is 1. The number of benzene rings is 2. The van der Waals surface area contributed by atoms with Gasteiger partial charge in [-0.2, -0.15) is 4.39 Å². The van der Waals surface area contributed by atoms with Crippen molar-refractivity contribution >= 4 is 11.6 Å². The summed E-state index contributed by atoms with van der Waals surface area (Å²) in [5.41, 5.74) is -1.78. The van der Waals surface area contributed by atoms with E-state index in [2.05, 4.69) is 4.90 Å². The fourth-order valence-corrected chi connectivity index (χ4v) is 5.11. The molecule has 2 fully saturated rings. The molecule has 1 unspecified atom stereocenters. The van der Waals surface area contributed by atoms with Crippen LogP contribution < -0.4 is 9.64 Å². The first-order valence-electron chi connectivity index (χ1n) is 12.6. The predicted octanol–water partition coefficient (Wildman–Crippen LogP) is 2.04. The van der Waals surface area contributed by atoms with Gasteiger partial charge in [-0.3, -0.25) is 9.69 Å². The Balaban J connectivity index is 1.44. The van der Waals surface area contributed by atoms with E-state index in [1.54, 1.807) is 12.1 Å². The van der Waals surface area contributed by atoms with Crippen molar-refractivity contribution < 1.29 is 37.7 Å². The van der Waals surface area contributed by atoms with Gasteiger partial charge in [0.25, 0.3) is 0 Å². The van der Waals surface area contributed by atoms with E-state index in [1.165, 1.54) is 36.3 Å². The molecule has 208 valence electrons. The molecular formula is C27H34F3N3O5. The number of rotatable bonds is 8. The van der Waals surface area contributed by atoms with Gasteiger partial charge < -0.3 is 29.5 Å². The summed E-state index contributed by atoms with van der Waals surface area (Å²) < 4.78 is 51.5. The summed E-state index contributed by atoms with van der Waals surface area (Å²) >= 11 is 0. The van der Waals surface area contributed by atoms with Gasteiger partial charge in [-0.05, 0) is 49.2 Å². The molecule has 2 N–H and O–H groups in total. The Labute approximate surface area is 220 Å². The number of carbonyl (C=O) groups excluding carboxylic acids is 1. The number of hydrogen-bond acceptors (Lipinski definition) is 7. The standard InChI is InChI=1S/C27H34F3N3O5/c1-37-15-24(34)33-14-13-31(17-27(36,18-33)19-38-23-4-2-3-22(29)25(23)30)16-26(35)9-11-32(12-10-26)21-7-5-20(28)6-8-21/h2-8,35-36H,9-19H2,1H3. The average molecular weight is 538 g/mol. The Kier molecular flexibility index (Phi) is 8.81. The molecule has 8 nitrogen and oxygen atoms in total. The number of hydrogen-bond donors (Lipinski definition) is 2. The van der Waals surface area contributed by atoms with Crippen LogP contribution in [-0.4, -0.2) is 103 Å². The third-order valence-electron chi connectivity index (χ3n) is 7.13. The number of amides is 1. The van der Waals surface area contributed by atoms with Gasteiger partial charge in [0.05, 0.1) is 12.1 Å². The number of ether oxygens (including phenoxy) is 2. The Morgan fingerprint density at radius 2 is 1.66 bits per heavy atom. The molecule has 38 heavy (non-hydrogen) atoms. The van der Waals surface area contributed by atoms with Crippen LogP contribution in [0.2, 0.25) is 0 Å². The summed E-state index contributed by atoms with van der Waals surface area (Å²) in [4.78, 5) is 18.0. The number of aliphatic hydroxyl groups is 2. The highest BCUT2D eigenvalue weighted by molar-refractivity contribution is 5.77. The molecule has 0 aliphatic carbocycles. The Morgan fingerprint density at radius 1 is 0.947 bits per heavy atom. The number of nitrogens with zero attached hydrogens (tertiary/aromatic N) is 3. The zero-order chi connectivity index (χ0) is 27.3. The second-order valence-electron chi connectivity index (χ2n) is 10.2.